The molecule has 1 aromatic rings. The average molecular weight is 247 g/mol. The Bertz CT molecular complexity index is 419. The van der Waals surface area contributed by atoms with Gasteiger partial charge in [-0.05, 0) is 25.3 Å². The van der Waals surface area contributed by atoms with Crippen LogP contribution in [0.25, 0.3) is 0 Å². The second-order valence-corrected chi connectivity index (χ2v) is 5.70. The molecule has 1 aromatic heterocycles. The minimum atomic E-state index is 0.213. The van der Waals surface area contributed by atoms with Gasteiger partial charge in [0, 0.05) is 25.2 Å². The zero-order valence-corrected chi connectivity index (χ0v) is 11.2. The Kier molecular flexibility index (Phi) is 2.98. The van der Waals surface area contributed by atoms with Crippen molar-refractivity contribution >= 4 is 5.82 Å². The highest BCUT2D eigenvalue weighted by Gasteiger charge is 2.41. The molecule has 0 bridgehead atoms. The summed E-state index contributed by atoms with van der Waals surface area (Å²) in [5.41, 5.74) is 0.213. The van der Waals surface area contributed by atoms with Crippen molar-refractivity contribution in [3.63, 3.8) is 0 Å². The highest BCUT2D eigenvalue weighted by Crippen LogP contribution is 2.37. The molecule has 0 atom stereocenters. The zero-order valence-electron chi connectivity index (χ0n) is 11.2. The van der Waals surface area contributed by atoms with E-state index in [9.17, 15) is 0 Å². The molecule has 0 saturated carbocycles. The van der Waals surface area contributed by atoms with Crippen LogP contribution in [0.4, 0.5) is 5.82 Å². The third-order valence-electron chi connectivity index (χ3n) is 4.14. The van der Waals surface area contributed by atoms with Crippen LogP contribution in [0.1, 0.15) is 44.9 Å². The summed E-state index contributed by atoms with van der Waals surface area (Å²) in [5, 5.41) is 0. The van der Waals surface area contributed by atoms with Gasteiger partial charge >= 0.3 is 0 Å². The molecule has 0 radical (unpaired) electrons. The highest BCUT2D eigenvalue weighted by molar-refractivity contribution is 5.38. The maximum Gasteiger partial charge on any atom is 0.133 e. The molecule has 0 N–H and O–H groups in total. The summed E-state index contributed by atoms with van der Waals surface area (Å²) in [5.74, 6) is 2.40. The van der Waals surface area contributed by atoms with E-state index in [-0.39, 0.29) is 5.60 Å². The number of nitrogens with zero attached hydrogens (tertiary/aromatic N) is 3. The Morgan fingerprint density at radius 3 is 2.56 bits per heavy atom. The summed E-state index contributed by atoms with van der Waals surface area (Å²) >= 11 is 0. The van der Waals surface area contributed by atoms with Gasteiger partial charge in [0.05, 0.1) is 12.2 Å². The number of aromatic nitrogens is 2. The van der Waals surface area contributed by atoms with Crippen LogP contribution in [0.5, 0.6) is 0 Å². The molecule has 0 unspecified atom stereocenters. The zero-order chi connectivity index (χ0) is 12.6. The first-order valence-corrected chi connectivity index (χ1v) is 6.90. The van der Waals surface area contributed by atoms with E-state index in [1.165, 1.54) is 6.42 Å². The summed E-state index contributed by atoms with van der Waals surface area (Å²) < 4.78 is 5.75. The van der Waals surface area contributed by atoms with Crippen LogP contribution in [-0.2, 0) is 4.74 Å². The van der Waals surface area contributed by atoms with Crippen molar-refractivity contribution in [2.45, 2.75) is 44.6 Å². The summed E-state index contributed by atoms with van der Waals surface area (Å²) in [6.07, 6.45) is 5.38. The van der Waals surface area contributed by atoms with Crippen LogP contribution < -0.4 is 4.90 Å². The van der Waals surface area contributed by atoms with E-state index in [1.54, 1.807) is 0 Å². The van der Waals surface area contributed by atoms with E-state index in [0.29, 0.717) is 5.92 Å². The van der Waals surface area contributed by atoms with Gasteiger partial charge in [-0.3, -0.25) is 0 Å². The quantitative estimate of drug-likeness (QED) is 0.804. The first-order chi connectivity index (χ1) is 8.69. The first kappa shape index (κ1) is 11.9. The Balaban J connectivity index is 1.70. The van der Waals surface area contributed by atoms with Crippen molar-refractivity contribution in [2.75, 3.05) is 24.6 Å². The molecule has 18 heavy (non-hydrogen) atoms. The summed E-state index contributed by atoms with van der Waals surface area (Å²) in [4.78, 5) is 11.4. The Morgan fingerprint density at radius 2 is 2.00 bits per heavy atom. The van der Waals surface area contributed by atoms with Gasteiger partial charge in [-0.25, -0.2) is 9.97 Å². The van der Waals surface area contributed by atoms with Gasteiger partial charge in [0.25, 0.3) is 0 Å². The monoisotopic (exact) mass is 247 g/mol. The van der Waals surface area contributed by atoms with Crippen LogP contribution in [-0.4, -0.2) is 35.3 Å². The number of rotatable bonds is 2. The first-order valence-electron chi connectivity index (χ1n) is 6.90. The van der Waals surface area contributed by atoms with Crippen LogP contribution >= 0.6 is 0 Å². The highest BCUT2D eigenvalue weighted by atomic mass is 16.5. The molecule has 2 fully saturated rings. The molecule has 2 saturated heterocycles. The molecular weight excluding hydrogens is 226 g/mol. The van der Waals surface area contributed by atoms with E-state index in [4.69, 9.17) is 4.74 Å². The number of ether oxygens (including phenoxy) is 1. The Labute approximate surface area is 108 Å². The maximum atomic E-state index is 5.75. The topological polar surface area (TPSA) is 38.2 Å². The van der Waals surface area contributed by atoms with Gasteiger partial charge in [0.1, 0.15) is 11.6 Å². The third-order valence-corrected chi connectivity index (χ3v) is 4.14. The predicted molar refractivity (Wildman–Crippen MR) is 70.9 cm³/mol. The van der Waals surface area contributed by atoms with Crippen LogP contribution in [0.15, 0.2) is 12.3 Å². The average Bonchev–Trinajstić information content (AvgIpc) is 2.37. The minimum absolute atomic E-state index is 0.213. The van der Waals surface area contributed by atoms with Crippen molar-refractivity contribution in [2.24, 2.45) is 0 Å². The molecule has 4 nitrogen and oxygen atoms in total. The number of hydrogen-bond donors (Lipinski definition) is 0. The summed E-state index contributed by atoms with van der Waals surface area (Å²) in [6, 6.07) is 2.02. The Morgan fingerprint density at radius 1 is 1.28 bits per heavy atom. The fraction of sp³-hybridized carbons (Fsp3) is 0.714. The van der Waals surface area contributed by atoms with E-state index in [1.807, 2.05) is 12.3 Å². The number of hydrogen-bond acceptors (Lipinski definition) is 4. The van der Waals surface area contributed by atoms with E-state index < -0.39 is 0 Å². The third kappa shape index (κ3) is 2.09. The van der Waals surface area contributed by atoms with E-state index in [2.05, 4.69) is 28.7 Å². The van der Waals surface area contributed by atoms with Gasteiger partial charge in [-0.15, -0.1) is 0 Å². The van der Waals surface area contributed by atoms with Gasteiger partial charge in [-0.2, -0.15) is 0 Å². The molecule has 0 aromatic carbocycles. The van der Waals surface area contributed by atoms with Gasteiger partial charge in [-0.1, -0.05) is 13.8 Å². The van der Waals surface area contributed by atoms with Crippen molar-refractivity contribution in [3.8, 4) is 0 Å². The molecule has 3 heterocycles. The van der Waals surface area contributed by atoms with Gasteiger partial charge < -0.3 is 9.64 Å². The lowest BCUT2D eigenvalue weighted by Crippen LogP contribution is -2.52. The van der Waals surface area contributed by atoms with Crippen LogP contribution in [0.2, 0.25) is 0 Å². The van der Waals surface area contributed by atoms with Gasteiger partial charge in [0.15, 0.2) is 0 Å². The van der Waals surface area contributed by atoms with E-state index >= 15 is 0 Å². The largest absolute Gasteiger partial charge is 0.375 e. The summed E-state index contributed by atoms with van der Waals surface area (Å²) in [7, 11) is 0. The molecule has 4 heteroatoms. The van der Waals surface area contributed by atoms with Crippen molar-refractivity contribution in [1.82, 2.24) is 9.97 Å². The standard InChI is InChI=1S/C14H21N3O/c1-11(2)13-15-7-3-12(16-13)17-8-4-14(5-9-17)6-10-18-14/h3,7,11H,4-6,8-10H2,1-2H3. The second-order valence-electron chi connectivity index (χ2n) is 5.70. The lowest BCUT2D eigenvalue weighted by Gasteiger charge is -2.47. The molecule has 2 aliphatic heterocycles. The maximum absolute atomic E-state index is 5.75. The lowest BCUT2D eigenvalue weighted by molar-refractivity contribution is -0.158. The number of anilines is 1. The molecule has 0 amide bonds. The lowest BCUT2D eigenvalue weighted by atomic mass is 9.84. The molecule has 98 valence electrons. The fourth-order valence-corrected chi connectivity index (χ4v) is 2.75. The second kappa shape index (κ2) is 4.50. The molecular formula is C14H21N3O. The normalized spacial score (nSPS) is 22.3. The SMILES string of the molecule is CC(C)c1nccc(N2CCC3(CCO3)CC2)n1. The van der Waals surface area contributed by atoms with Crippen molar-refractivity contribution in [1.29, 1.82) is 0 Å². The fourth-order valence-electron chi connectivity index (χ4n) is 2.75. The molecule has 0 aliphatic carbocycles. The van der Waals surface area contributed by atoms with Gasteiger partial charge in [0.2, 0.25) is 0 Å². The van der Waals surface area contributed by atoms with E-state index in [0.717, 1.165) is 44.2 Å². The minimum Gasteiger partial charge on any atom is -0.375 e. The smallest absolute Gasteiger partial charge is 0.133 e. The Hall–Kier alpha value is -1.16. The predicted octanol–water partition coefficient (Wildman–Crippen LogP) is 2.36. The van der Waals surface area contributed by atoms with Crippen molar-refractivity contribution < 1.29 is 4.74 Å². The summed E-state index contributed by atoms with van der Waals surface area (Å²) in [6.45, 7) is 7.31. The molecule has 1 spiro atoms. The van der Waals surface area contributed by atoms with Crippen LogP contribution in [0, 0.1) is 0 Å². The van der Waals surface area contributed by atoms with Crippen molar-refractivity contribution in [3.05, 3.63) is 18.1 Å². The molecule has 2 aliphatic rings. The van der Waals surface area contributed by atoms with Crippen LogP contribution in [0.3, 0.4) is 0 Å². The number of piperidine rings is 1. The molecule has 3 rings (SSSR count).